The lowest BCUT2D eigenvalue weighted by atomic mass is 10.1. The van der Waals surface area contributed by atoms with E-state index in [1.165, 1.54) is 41.4 Å². The number of rotatable bonds is 5. The maximum Gasteiger partial charge on any atom is 0.269 e. The van der Waals surface area contributed by atoms with Gasteiger partial charge in [-0.05, 0) is 37.1 Å². The Bertz CT molecular complexity index is 926. The molecule has 0 unspecified atom stereocenters. The topological polar surface area (TPSA) is 125 Å². The van der Waals surface area contributed by atoms with Crippen molar-refractivity contribution in [2.75, 3.05) is 6.54 Å². The molecule has 1 aliphatic heterocycles. The highest BCUT2D eigenvalue weighted by Crippen LogP contribution is 2.22. The Morgan fingerprint density at radius 2 is 1.93 bits per heavy atom. The van der Waals surface area contributed by atoms with Crippen molar-refractivity contribution in [1.82, 2.24) is 10.3 Å². The van der Waals surface area contributed by atoms with E-state index in [9.17, 15) is 24.8 Å². The van der Waals surface area contributed by atoms with E-state index in [0.717, 1.165) is 0 Å². The van der Waals surface area contributed by atoms with Gasteiger partial charge in [0.25, 0.3) is 17.5 Å². The molecule has 2 aromatic rings. The monoisotopic (exact) mass is 382 g/mol. The number of amides is 2. The maximum absolute atomic E-state index is 12.7. The first-order valence-corrected chi connectivity index (χ1v) is 8.63. The molecule has 0 spiro atoms. The van der Waals surface area contributed by atoms with Crippen molar-refractivity contribution in [1.29, 1.82) is 0 Å². The number of nitro groups is 1. The number of phenolic OH excluding ortho intramolecular Hbond substituents is 1. The SMILES string of the molecule is O=C(NN=Cc1ccccc1O)[C@@H]1CCCN1C(=O)c1ccc([N+](=O)[O-])cc1. The molecule has 1 saturated heterocycles. The Morgan fingerprint density at radius 3 is 2.61 bits per heavy atom. The molecular formula is C19H18N4O5. The number of carbonyl (C=O) groups excluding carboxylic acids is 2. The Kier molecular flexibility index (Phi) is 5.64. The number of phenols is 1. The van der Waals surface area contributed by atoms with Crippen LogP contribution in [0.5, 0.6) is 5.75 Å². The Balaban J connectivity index is 1.66. The minimum atomic E-state index is -0.677. The molecule has 0 aromatic heterocycles. The van der Waals surface area contributed by atoms with E-state index in [4.69, 9.17) is 0 Å². The number of non-ortho nitro benzene ring substituents is 1. The van der Waals surface area contributed by atoms with Crippen molar-refractivity contribution in [3.05, 3.63) is 69.8 Å². The van der Waals surface area contributed by atoms with Crippen molar-refractivity contribution < 1.29 is 19.6 Å². The summed E-state index contributed by atoms with van der Waals surface area (Å²) in [7, 11) is 0. The average molecular weight is 382 g/mol. The lowest BCUT2D eigenvalue weighted by Crippen LogP contribution is -2.44. The highest BCUT2D eigenvalue weighted by molar-refractivity contribution is 5.98. The summed E-state index contributed by atoms with van der Waals surface area (Å²) >= 11 is 0. The third kappa shape index (κ3) is 4.14. The lowest BCUT2D eigenvalue weighted by molar-refractivity contribution is -0.384. The van der Waals surface area contributed by atoms with Gasteiger partial charge in [0, 0.05) is 29.8 Å². The molecule has 0 aliphatic carbocycles. The number of carbonyl (C=O) groups is 2. The van der Waals surface area contributed by atoms with Crippen LogP contribution >= 0.6 is 0 Å². The number of hydrogen-bond donors (Lipinski definition) is 2. The minimum Gasteiger partial charge on any atom is -0.507 e. The molecule has 1 atom stereocenters. The first-order chi connectivity index (χ1) is 13.5. The van der Waals surface area contributed by atoms with Crippen molar-refractivity contribution in [3.8, 4) is 5.75 Å². The predicted octanol–water partition coefficient (Wildman–Crippen LogP) is 2.06. The van der Waals surface area contributed by atoms with E-state index in [0.29, 0.717) is 24.9 Å². The van der Waals surface area contributed by atoms with Crippen LogP contribution in [0.15, 0.2) is 53.6 Å². The number of para-hydroxylation sites is 1. The summed E-state index contributed by atoms with van der Waals surface area (Å²) in [5, 5.41) is 24.3. The van der Waals surface area contributed by atoms with Crippen LogP contribution in [0.25, 0.3) is 0 Å². The number of hydrogen-bond acceptors (Lipinski definition) is 6. The van der Waals surface area contributed by atoms with Gasteiger partial charge in [0.05, 0.1) is 11.1 Å². The number of likely N-dealkylation sites (tertiary alicyclic amines) is 1. The molecule has 0 bridgehead atoms. The highest BCUT2D eigenvalue weighted by Gasteiger charge is 2.34. The van der Waals surface area contributed by atoms with Gasteiger partial charge in [-0.1, -0.05) is 12.1 Å². The Labute approximate surface area is 160 Å². The molecule has 1 aliphatic rings. The van der Waals surface area contributed by atoms with Gasteiger partial charge in [0.2, 0.25) is 0 Å². The second kappa shape index (κ2) is 8.30. The van der Waals surface area contributed by atoms with Gasteiger partial charge in [-0.25, -0.2) is 5.43 Å². The quantitative estimate of drug-likeness (QED) is 0.465. The number of aromatic hydroxyl groups is 1. The second-order valence-electron chi connectivity index (χ2n) is 6.25. The van der Waals surface area contributed by atoms with Crippen LogP contribution in [0.3, 0.4) is 0 Å². The standard InChI is InChI=1S/C19H18N4O5/c24-17-6-2-1-4-14(17)12-20-21-18(25)16-5-3-11-22(16)19(26)13-7-9-15(10-8-13)23(27)28/h1-2,4,6-10,12,16,24H,3,5,11H2,(H,21,25)/t16-/m0/s1. The molecule has 2 amide bonds. The van der Waals surface area contributed by atoms with Crippen molar-refractivity contribution >= 4 is 23.7 Å². The van der Waals surface area contributed by atoms with Crippen LogP contribution < -0.4 is 5.43 Å². The fourth-order valence-electron chi connectivity index (χ4n) is 3.01. The van der Waals surface area contributed by atoms with Gasteiger partial charge in [0.1, 0.15) is 11.8 Å². The molecule has 0 saturated carbocycles. The number of hydrazone groups is 1. The molecule has 1 fully saturated rings. The van der Waals surface area contributed by atoms with Crippen LogP contribution in [-0.4, -0.2) is 45.5 Å². The summed E-state index contributed by atoms with van der Waals surface area (Å²) in [6.07, 6.45) is 2.49. The largest absolute Gasteiger partial charge is 0.507 e. The fourth-order valence-corrected chi connectivity index (χ4v) is 3.01. The third-order valence-electron chi connectivity index (χ3n) is 4.46. The van der Waals surface area contributed by atoms with Crippen molar-refractivity contribution in [2.45, 2.75) is 18.9 Å². The van der Waals surface area contributed by atoms with Crippen LogP contribution in [0.1, 0.15) is 28.8 Å². The normalized spacial score (nSPS) is 16.3. The molecule has 3 rings (SSSR count). The third-order valence-corrected chi connectivity index (χ3v) is 4.46. The van der Waals surface area contributed by atoms with Gasteiger partial charge in [0.15, 0.2) is 0 Å². The molecule has 0 radical (unpaired) electrons. The molecule has 9 nitrogen and oxygen atoms in total. The zero-order valence-electron chi connectivity index (χ0n) is 14.8. The summed E-state index contributed by atoms with van der Waals surface area (Å²) < 4.78 is 0. The predicted molar refractivity (Wildman–Crippen MR) is 101 cm³/mol. The average Bonchev–Trinajstić information content (AvgIpc) is 3.19. The highest BCUT2D eigenvalue weighted by atomic mass is 16.6. The molecule has 9 heteroatoms. The Morgan fingerprint density at radius 1 is 1.21 bits per heavy atom. The van der Waals surface area contributed by atoms with Gasteiger partial charge in [-0.15, -0.1) is 0 Å². The molecule has 1 heterocycles. The first-order valence-electron chi connectivity index (χ1n) is 8.63. The van der Waals surface area contributed by atoms with E-state index < -0.39 is 16.9 Å². The van der Waals surface area contributed by atoms with Crippen LogP contribution in [0.2, 0.25) is 0 Å². The molecule has 2 N–H and O–H groups in total. The van der Waals surface area contributed by atoms with Crippen molar-refractivity contribution in [3.63, 3.8) is 0 Å². The number of nitro benzene ring substituents is 1. The van der Waals surface area contributed by atoms with E-state index in [1.54, 1.807) is 18.2 Å². The minimum absolute atomic E-state index is 0.0383. The second-order valence-corrected chi connectivity index (χ2v) is 6.25. The van der Waals surface area contributed by atoms with Gasteiger partial charge < -0.3 is 10.0 Å². The molecule has 28 heavy (non-hydrogen) atoms. The summed E-state index contributed by atoms with van der Waals surface area (Å²) in [5.74, 6) is -0.756. The van der Waals surface area contributed by atoms with Gasteiger partial charge in [-0.3, -0.25) is 19.7 Å². The van der Waals surface area contributed by atoms with Gasteiger partial charge in [-0.2, -0.15) is 5.10 Å². The maximum atomic E-state index is 12.7. The summed E-state index contributed by atoms with van der Waals surface area (Å²) in [6.45, 7) is 0.414. The number of nitrogens with one attached hydrogen (secondary N) is 1. The zero-order valence-corrected chi connectivity index (χ0v) is 14.8. The molecular weight excluding hydrogens is 364 g/mol. The Hall–Kier alpha value is -3.75. The van der Waals surface area contributed by atoms with Crippen LogP contribution in [-0.2, 0) is 4.79 Å². The number of nitrogens with zero attached hydrogens (tertiary/aromatic N) is 3. The van der Waals surface area contributed by atoms with Crippen LogP contribution in [0.4, 0.5) is 5.69 Å². The summed E-state index contributed by atoms with van der Waals surface area (Å²) in [6, 6.07) is 11.1. The summed E-state index contributed by atoms with van der Waals surface area (Å²) in [5.41, 5.74) is 3.02. The van der Waals surface area contributed by atoms with E-state index >= 15 is 0 Å². The molecule has 2 aromatic carbocycles. The van der Waals surface area contributed by atoms with Crippen LogP contribution in [0, 0.1) is 10.1 Å². The van der Waals surface area contributed by atoms with E-state index in [2.05, 4.69) is 10.5 Å². The number of benzene rings is 2. The molecule has 144 valence electrons. The van der Waals surface area contributed by atoms with E-state index in [-0.39, 0.29) is 22.9 Å². The smallest absolute Gasteiger partial charge is 0.269 e. The van der Waals surface area contributed by atoms with E-state index in [1.807, 2.05) is 0 Å². The summed E-state index contributed by atoms with van der Waals surface area (Å²) in [4.78, 5) is 36.8. The van der Waals surface area contributed by atoms with Crippen molar-refractivity contribution in [2.24, 2.45) is 5.10 Å². The fraction of sp³-hybridized carbons (Fsp3) is 0.211. The zero-order chi connectivity index (χ0) is 20.1. The first kappa shape index (κ1) is 19.0. The lowest BCUT2D eigenvalue weighted by Gasteiger charge is -2.23. The van der Waals surface area contributed by atoms with Gasteiger partial charge >= 0.3 is 0 Å².